The molecule has 0 saturated heterocycles. The number of carboxylic acids is 1. The first-order valence-electron chi connectivity index (χ1n) is 12.6. The van der Waals surface area contributed by atoms with E-state index in [1.807, 2.05) is 39.2 Å². The SMILES string of the molecule is CC(=CCC(N=[N+]=[N-])C(C)=Cc1csc(C)n1)CCCC(C)C(O)C(C)C(=O)C(C)(C)C(O)CC(=O)O. The van der Waals surface area contributed by atoms with E-state index in [1.165, 1.54) is 13.8 Å². The Balaban J connectivity index is 2.66. The lowest BCUT2D eigenvalue weighted by Crippen LogP contribution is -2.45. The van der Waals surface area contributed by atoms with Crippen LogP contribution in [0, 0.1) is 24.2 Å². The Labute approximate surface area is 224 Å². The molecule has 0 fully saturated rings. The maximum atomic E-state index is 12.9. The monoisotopic (exact) mass is 534 g/mol. The molecule has 0 bridgehead atoms. The van der Waals surface area contributed by atoms with Crippen LogP contribution >= 0.6 is 11.3 Å². The van der Waals surface area contributed by atoms with Gasteiger partial charge in [0.05, 0.1) is 40.8 Å². The van der Waals surface area contributed by atoms with Gasteiger partial charge >= 0.3 is 5.97 Å². The Morgan fingerprint density at radius 2 is 1.92 bits per heavy atom. The summed E-state index contributed by atoms with van der Waals surface area (Å²) < 4.78 is 0. The van der Waals surface area contributed by atoms with Gasteiger partial charge in [-0.05, 0) is 64.0 Å². The third kappa shape index (κ3) is 10.4. The second kappa shape index (κ2) is 15.0. The van der Waals surface area contributed by atoms with Crippen molar-refractivity contribution < 1.29 is 24.9 Å². The van der Waals surface area contributed by atoms with E-state index in [4.69, 9.17) is 10.6 Å². The standard InChI is InChI=1S/C27H42N4O5S/c1-16(11-12-22(30-31-28)18(3)13-21-15-37-20(5)29-21)9-8-10-17(2)25(35)19(4)26(36)27(6,7)23(32)14-24(33)34/h11,13,15,17,19,22-23,25,32,35H,8-10,12,14H2,1-7H3,(H,33,34). The van der Waals surface area contributed by atoms with Crippen molar-refractivity contribution in [3.05, 3.63) is 43.7 Å². The molecule has 10 heteroatoms. The highest BCUT2D eigenvalue weighted by molar-refractivity contribution is 7.09. The number of thiazole rings is 1. The predicted molar refractivity (Wildman–Crippen MR) is 147 cm³/mol. The third-order valence-corrected chi connectivity index (χ3v) is 7.79. The Morgan fingerprint density at radius 3 is 2.46 bits per heavy atom. The van der Waals surface area contributed by atoms with Crippen LogP contribution in [-0.4, -0.2) is 50.3 Å². The summed E-state index contributed by atoms with van der Waals surface area (Å²) in [5.41, 5.74) is 10.7. The minimum atomic E-state index is -1.33. The first-order chi connectivity index (χ1) is 17.2. The summed E-state index contributed by atoms with van der Waals surface area (Å²) in [6.07, 6.45) is 4.16. The smallest absolute Gasteiger partial charge is 0.306 e. The lowest BCUT2D eigenvalue weighted by Gasteiger charge is -2.34. The van der Waals surface area contributed by atoms with Crippen molar-refractivity contribution in [2.45, 2.75) is 98.8 Å². The number of carbonyl (C=O) groups excluding carboxylic acids is 1. The van der Waals surface area contributed by atoms with Gasteiger partial charge in [-0.3, -0.25) is 9.59 Å². The number of aliphatic carboxylic acids is 1. The van der Waals surface area contributed by atoms with Crippen LogP contribution in [0.4, 0.5) is 0 Å². The number of ketones is 1. The van der Waals surface area contributed by atoms with E-state index in [-0.39, 0.29) is 17.7 Å². The van der Waals surface area contributed by atoms with Crippen molar-refractivity contribution >= 4 is 29.2 Å². The fourth-order valence-corrected chi connectivity index (χ4v) is 4.84. The highest BCUT2D eigenvalue weighted by Gasteiger charge is 2.41. The fraction of sp³-hybridized carbons (Fsp3) is 0.667. The van der Waals surface area contributed by atoms with Crippen LogP contribution in [0.5, 0.6) is 0 Å². The van der Waals surface area contributed by atoms with E-state index in [9.17, 15) is 19.8 Å². The van der Waals surface area contributed by atoms with Crippen LogP contribution in [0.3, 0.4) is 0 Å². The van der Waals surface area contributed by atoms with Crippen LogP contribution in [0.2, 0.25) is 0 Å². The quantitative estimate of drug-likeness (QED) is 0.101. The first kappa shape index (κ1) is 32.5. The average Bonchev–Trinajstić information content (AvgIpc) is 3.23. The van der Waals surface area contributed by atoms with Gasteiger partial charge < -0.3 is 15.3 Å². The van der Waals surface area contributed by atoms with Gasteiger partial charge in [-0.15, -0.1) is 11.3 Å². The maximum absolute atomic E-state index is 12.9. The van der Waals surface area contributed by atoms with Crippen molar-refractivity contribution in [3.63, 3.8) is 0 Å². The van der Waals surface area contributed by atoms with E-state index in [1.54, 1.807) is 18.3 Å². The second-order valence-electron chi connectivity index (χ2n) is 10.5. The highest BCUT2D eigenvalue weighted by atomic mass is 32.1. The number of aromatic nitrogens is 1. The number of carboxylic acid groups (broad SMARTS) is 1. The lowest BCUT2D eigenvalue weighted by molar-refractivity contribution is -0.147. The van der Waals surface area contributed by atoms with Crippen molar-refractivity contribution in [2.24, 2.45) is 22.4 Å². The molecule has 0 aliphatic heterocycles. The topological polar surface area (TPSA) is 156 Å². The fourth-order valence-electron chi connectivity index (χ4n) is 4.27. The number of aliphatic hydroxyl groups excluding tert-OH is 2. The molecule has 1 aromatic rings. The van der Waals surface area contributed by atoms with Crippen LogP contribution in [0.15, 0.2) is 27.7 Å². The molecule has 0 spiro atoms. The highest BCUT2D eigenvalue weighted by Crippen LogP contribution is 2.31. The molecule has 0 amide bonds. The molecule has 5 atom stereocenters. The minimum Gasteiger partial charge on any atom is -0.481 e. The molecule has 0 aliphatic carbocycles. The molecule has 1 heterocycles. The Hall–Kier alpha value is -2.52. The van der Waals surface area contributed by atoms with E-state index in [0.29, 0.717) is 12.8 Å². The van der Waals surface area contributed by atoms with Crippen LogP contribution in [-0.2, 0) is 9.59 Å². The Morgan fingerprint density at radius 1 is 1.27 bits per heavy atom. The molecular weight excluding hydrogens is 492 g/mol. The zero-order valence-corrected chi connectivity index (χ0v) is 23.8. The van der Waals surface area contributed by atoms with Gasteiger partial charge in [-0.25, -0.2) is 4.98 Å². The summed E-state index contributed by atoms with van der Waals surface area (Å²) in [6.45, 7) is 12.5. The van der Waals surface area contributed by atoms with Gasteiger partial charge in [0.25, 0.3) is 0 Å². The Kier molecular flexibility index (Phi) is 13.2. The normalized spacial score (nSPS) is 16.9. The molecule has 0 radical (unpaired) electrons. The zero-order chi connectivity index (χ0) is 28.3. The lowest BCUT2D eigenvalue weighted by atomic mass is 9.73. The largest absolute Gasteiger partial charge is 0.481 e. The number of Topliss-reactive ketones (excluding diaryl/α,β-unsaturated/α-hetero) is 1. The number of aliphatic hydroxyl groups is 2. The molecule has 0 aromatic carbocycles. The van der Waals surface area contributed by atoms with Crippen LogP contribution in [0.1, 0.15) is 84.3 Å². The molecule has 0 saturated carbocycles. The van der Waals surface area contributed by atoms with Gasteiger partial charge in [-0.2, -0.15) is 0 Å². The molecule has 3 N–H and O–H groups in total. The first-order valence-corrected chi connectivity index (χ1v) is 13.5. The average molecular weight is 535 g/mol. The number of carbonyl (C=O) groups is 2. The summed E-state index contributed by atoms with van der Waals surface area (Å²) >= 11 is 1.57. The summed E-state index contributed by atoms with van der Waals surface area (Å²) in [4.78, 5) is 31.3. The second-order valence-corrected chi connectivity index (χ2v) is 11.6. The third-order valence-electron chi connectivity index (χ3n) is 6.99. The van der Waals surface area contributed by atoms with E-state index in [2.05, 4.69) is 21.1 Å². The molecule has 9 nitrogen and oxygen atoms in total. The molecule has 206 valence electrons. The van der Waals surface area contributed by atoms with E-state index in [0.717, 1.165) is 34.7 Å². The minimum absolute atomic E-state index is 0.151. The number of aryl methyl sites for hydroxylation is 1. The predicted octanol–water partition coefficient (Wildman–Crippen LogP) is 6.10. The maximum Gasteiger partial charge on any atom is 0.306 e. The molecule has 5 unspecified atom stereocenters. The number of nitrogens with zero attached hydrogens (tertiary/aromatic N) is 4. The van der Waals surface area contributed by atoms with E-state index < -0.39 is 35.9 Å². The van der Waals surface area contributed by atoms with Crippen LogP contribution in [0.25, 0.3) is 16.5 Å². The molecular formula is C27H42N4O5S. The van der Waals surface area contributed by atoms with Crippen molar-refractivity contribution in [2.75, 3.05) is 0 Å². The summed E-state index contributed by atoms with van der Waals surface area (Å²) in [5, 5.41) is 36.8. The summed E-state index contributed by atoms with van der Waals surface area (Å²) in [6, 6.07) is -0.297. The summed E-state index contributed by atoms with van der Waals surface area (Å²) in [5.74, 6) is -2.41. The van der Waals surface area contributed by atoms with Crippen molar-refractivity contribution in [3.8, 4) is 0 Å². The number of hydrogen-bond donors (Lipinski definition) is 3. The number of rotatable bonds is 16. The van der Waals surface area contributed by atoms with Gasteiger partial charge in [0.1, 0.15) is 5.78 Å². The molecule has 37 heavy (non-hydrogen) atoms. The number of hydrogen-bond acceptors (Lipinski definition) is 7. The number of allylic oxidation sites excluding steroid dienone is 1. The van der Waals surface area contributed by atoms with Gasteiger partial charge in [-0.1, -0.05) is 50.0 Å². The van der Waals surface area contributed by atoms with Gasteiger partial charge in [0.2, 0.25) is 0 Å². The Bertz CT molecular complexity index is 1030. The van der Waals surface area contributed by atoms with Crippen molar-refractivity contribution in [1.29, 1.82) is 0 Å². The molecule has 0 aliphatic rings. The zero-order valence-electron chi connectivity index (χ0n) is 23.0. The summed E-state index contributed by atoms with van der Waals surface area (Å²) in [7, 11) is 0. The molecule has 1 rings (SSSR count). The molecule has 1 aromatic heterocycles. The van der Waals surface area contributed by atoms with Crippen LogP contribution < -0.4 is 0 Å². The van der Waals surface area contributed by atoms with Gasteiger partial charge in [0, 0.05) is 16.2 Å². The van der Waals surface area contributed by atoms with Gasteiger partial charge in [0.15, 0.2) is 0 Å². The van der Waals surface area contributed by atoms with E-state index >= 15 is 0 Å². The van der Waals surface area contributed by atoms with Crippen molar-refractivity contribution in [1.82, 2.24) is 4.98 Å². The number of azide groups is 1.